The molecule has 0 saturated carbocycles. The molecule has 3 aromatic rings. The molecule has 0 amide bonds. The second kappa shape index (κ2) is 8.05. The van der Waals surface area contributed by atoms with Gasteiger partial charge in [0.1, 0.15) is 12.1 Å². The van der Waals surface area contributed by atoms with Crippen LogP contribution in [0.3, 0.4) is 0 Å². The summed E-state index contributed by atoms with van der Waals surface area (Å²) < 4.78 is 22.6. The molecule has 5 N–H and O–H groups in total. The summed E-state index contributed by atoms with van der Waals surface area (Å²) in [6, 6.07) is 12.9. The first-order valence-corrected chi connectivity index (χ1v) is 10.5. The predicted octanol–water partition coefficient (Wildman–Crippen LogP) is 2.75. The highest BCUT2D eigenvalue weighted by molar-refractivity contribution is 7.88. The van der Waals surface area contributed by atoms with Gasteiger partial charge in [-0.2, -0.15) is 0 Å². The molecular weight excluding hydrogens is 374 g/mol. The van der Waals surface area contributed by atoms with Crippen LogP contribution in [0.2, 0.25) is 0 Å². The molecule has 0 saturated heterocycles. The number of anilines is 2. The minimum Gasteiger partial charge on any atom is -0.340 e. The molecule has 7 nitrogen and oxygen atoms in total. The molecule has 28 heavy (non-hydrogen) atoms. The largest absolute Gasteiger partial charge is 0.340 e. The lowest BCUT2D eigenvalue weighted by atomic mass is 9.95. The lowest BCUT2D eigenvalue weighted by molar-refractivity contribution is 0.597. The number of aromatic nitrogens is 2. The fourth-order valence-electron chi connectivity index (χ4n) is 3.07. The lowest BCUT2D eigenvalue weighted by Gasteiger charge is -2.14. The molecule has 146 valence electrons. The minimum atomic E-state index is -3.59. The second-order valence-electron chi connectivity index (χ2n) is 6.66. The Morgan fingerprint density at radius 3 is 2.57 bits per heavy atom. The van der Waals surface area contributed by atoms with Crippen molar-refractivity contribution in [3.8, 4) is 11.3 Å². The van der Waals surface area contributed by atoms with Crippen LogP contribution < -0.4 is 16.2 Å². The Balaban J connectivity index is 1.91. The van der Waals surface area contributed by atoms with Crippen LogP contribution in [-0.4, -0.2) is 18.4 Å². The maximum atomic E-state index is 11.3. The molecule has 0 aliphatic heterocycles. The lowest BCUT2D eigenvalue weighted by Crippen LogP contribution is -2.14. The number of hydrogen-bond donors (Lipinski definition) is 3. The van der Waals surface area contributed by atoms with Crippen molar-refractivity contribution in [3.63, 3.8) is 0 Å². The first-order valence-electron chi connectivity index (χ1n) is 8.75. The summed E-state index contributed by atoms with van der Waals surface area (Å²) >= 11 is 0. The third-order valence-corrected chi connectivity index (χ3v) is 5.32. The van der Waals surface area contributed by atoms with Gasteiger partial charge < -0.3 is 11.1 Å². The molecular formula is C20H23N5O2S. The maximum Gasteiger partial charge on any atom is 0.213 e. The number of benzene rings is 2. The molecule has 8 heteroatoms. The summed E-state index contributed by atoms with van der Waals surface area (Å²) in [5, 5.41) is 8.31. The van der Waals surface area contributed by atoms with Crippen molar-refractivity contribution in [1.29, 1.82) is 0 Å². The van der Waals surface area contributed by atoms with Gasteiger partial charge in [0, 0.05) is 23.9 Å². The van der Waals surface area contributed by atoms with Gasteiger partial charge in [-0.3, -0.25) is 0 Å². The number of sulfonamides is 1. The second-order valence-corrected chi connectivity index (χ2v) is 8.27. The molecule has 2 aromatic carbocycles. The van der Waals surface area contributed by atoms with Crippen molar-refractivity contribution >= 4 is 21.5 Å². The third-order valence-electron chi connectivity index (χ3n) is 4.58. The highest BCUT2D eigenvalue weighted by Gasteiger charge is 2.11. The standard InChI is InChI=1S/C20H23N5O2S/c1-13-6-7-17(18(10-21)14(13)2)19-9-20(24-12-23-19)25-16-5-3-4-15(8-16)11-28(22,26)27/h3-9,12H,10-11,21H2,1-2H3,(H2,22,26,27)(H,23,24,25). The Morgan fingerprint density at radius 1 is 1.07 bits per heavy atom. The highest BCUT2D eigenvalue weighted by Crippen LogP contribution is 2.28. The van der Waals surface area contributed by atoms with E-state index in [1.54, 1.807) is 18.2 Å². The van der Waals surface area contributed by atoms with E-state index in [0.29, 0.717) is 23.6 Å². The Hall–Kier alpha value is -2.81. The summed E-state index contributed by atoms with van der Waals surface area (Å²) in [5.74, 6) is 0.374. The van der Waals surface area contributed by atoms with Crippen LogP contribution in [0.15, 0.2) is 48.8 Å². The van der Waals surface area contributed by atoms with E-state index in [-0.39, 0.29) is 5.75 Å². The van der Waals surface area contributed by atoms with E-state index in [9.17, 15) is 8.42 Å². The van der Waals surface area contributed by atoms with Gasteiger partial charge in [-0.15, -0.1) is 0 Å². The number of nitrogens with zero attached hydrogens (tertiary/aromatic N) is 2. The molecule has 0 radical (unpaired) electrons. The Morgan fingerprint density at radius 2 is 1.86 bits per heavy atom. The van der Waals surface area contributed by atoms with Crippen LogP contribution in [0, 0.1) is 13.8 Å². The Kier molecular flexibility index (Phi) is 5.73. The summed E-state index contributed by atoms with van der Waals surface area (Å²) in [5.41, 5.74) is 12.4. The summed E-state index contributed by atoms with van der Waals surface area (Å²) in [4.78, 5) is 8.66. The van der Waals surface area contributed by atoms with Crippen LogP contribution in [0.4, 0.5) is 11.5 Å². The van der Waals surface area contributed by atoms with E-state index < -0.39 is 10.0 Å². The van der Waals surface area contributed by atoms with E-state index >= 15 is 0 Å². The van der Waals surface area contributed by atoms with Crippen molar-refractivity contribution in [3.05, 3.63) is 71.0 Å². The Bertz CT molecular complexity index is 1110. The first-order chi connectivity index (χ1) is 13.3. The Labute approximate surface area is 164 Å². The zero-order chi connectivity index (χ0) is 20.3. The van der Waals surface area contributed by atoms with Crippen molar-refractivity contribution in [2.45, 2.75) is 26.1 Å². The average Bonchev–Trinajstić information content (AvgIpc) is 2.63. The zero-order valence-electron chi connectivity index (χ0n) is 15.8. The monoisotopic (exact) mass is 397 g/mol. The predicted molar refractivity (Wildman–Crippen MR) is 111 cm³/mol. The van der Waals surface area contributed by atoms with Crippen LogP contribution in [-0.2, 0) is 22.3 Å². The number of hydrogen-bond acceptors (Lipinski definition) is 6. The SMILES string of the molecule is Cc1ccc(-c2cc(Nc3cccc(CS(N)(=O)=O)c3)ncn2)c(CN)c1C. The van der Waals surface area contributed by atoms with Crippen LogP contribution >= 0.6 is 0 Å². The van der Waals surface area contributed by atoms with Crippen molar-refractivity contribution < 1.29 is 8.42 Å². The van der Waals surface area contributed by atoms with Crippen LogP contribution in [0.1, 0.15) is 22.3 Å². The molecule has 0 aliphatic carbocycles. The quantitative estimate of drug-likeness (QED) is 0.587. The van der Waals surface area contributed by atoms with Gasteiger partial charge >= 0.3 is 0 Å². The van der Waals surface area contributed by atoms with Crippen molar-refractivity contribution in [1.82, 2.24) is 9.97 Å². The fourth-order valence-corrected chi connectivity index (χ4v) is 3.71. The van der Waals surface area contributed by atoms with Gasteiger partial charge in [0.25, 0.3) is 0 Å². The van der Waals surface area contributed by atoms with Crippen molar-refractivity contribution in [2.24, 2.45) is 10.9 Å². The van der Waals surface area contributed by atoms with Crippen LogP contribution in [0.25, 0.3) is 11.3 Å². The summed E-state index contributed by atoms with van der Waals surface area (Å²) in [6.45, 7) is 4.53. The van der Waals surface area contributed by atoms with E-state index in [1.807, 2.05) is 18.2 Å². The van der Waals surface area contributed by atoms with E-state index in [2.05, 4.69) is 35.2 Å². The van der Waals surface area contributed by atoms with E-state index in [0.717, 1.165) is 22.4 Å². The number of rotatable bonds is 6. The highest BCUT2D eigenvalue weighted by atomic mass is 32.2. The van der Waals surface area contributed by atoms with Gasteiger partial charge in [0.2, 0.25) is 10.0 Å². The molecule has 3 rings (SSSR count). The normalized spacial score (nSPS) is 11.4. The van der Waals surface area contributed by atoms with Gasteiger partial charge in [0.05, 0.1) is 11.4 Å². The molecule has 0 fully saturated rings. The molecule has 0 aliphatic rings. The van der Waals surface area contributed by atoms with Gasteiger partial charge in [-0.1, -0.05) is 24.3 Å². The van der Waals surface area contributed by atoms with Gasteiger partial charge in [0.15, 0.2) is 0 Å². The first kappa shape index (κ1) is 19.9. The molecule has 1 aromatic heterocycles. The minimum absolute atomic E-state index is 0.222. The summed E-state index contributed by atoms with van der Waals surface area (Å²) in [6.07, 6.45) is 1.49. The molecule has 0 atom stereocenters. The third kappa shape index (κ3) is 4.72. The fraction of sp³-hybridized carbons (Fsp3) is 0.200. The van der Waals surface area contributed by atoms with E-state index in [1.165, 1.54) is 11.9 Å². The van der Waals surface area contributed by atoms with Gasteiger partial charge in [-0.05, 0) is 48.2 Å². The maximum absolute atomic E-state index is 11.3. The van der Waals surface area contributed by atoms with Crippen molar-refractivity contribution in [2.75, 3.05) is 5.32 Å². The number of primary sulfonamides is 1. The zero-order valence-corrected chi connectivity index (χ0v) is 16.6. The molecule has 0 bridgehead atoms. The summed E-state index contributed by atoms with van der Waals surface area (Å²) in [7, 11) is -3.59. The topological polar surface area (TPSA) is 124 Å². The number of aryl methyl sites for hydroxylation is 1. The van der Waals surface area contributed by atoms with Gasteiger partial charge in [-0.25, -0.2) is 23.5 Å². The van der Waals surface area contributed by atoms with E-state index in [4.69, 9.17) is 10.9 Å². The molecule has 0 spiro atoms. The molecule has 0 unspecified atom stereocenters. The average molecular weight is 398 g/mol. The molecule has 1 heterocycles. The van der Waals surface area contributed by atoms with Crippen LogP contribution in [0.5, 0.6) is 0 Å². The smallest absolute Gasteiger partial charge is 0.213 e. The number of nitrogens with one attached hydrogen (secondary N) is 1. The number of nitrogens with two attached hydrogens (primary N) is 2.